The normalized spacial score (nSPS) is 13.5. The van der Waals surface area contributed by atoms with E-state index < -0.39 is 35.7 Å². The van der Waals surface area contributed by atoms with Gasteiger partial charge in [0.05, 0.1) is 19.1 Å². The number of ether oxygens (including phenoxy) is 1. The third-order valence-electron chi connectivity index (χ3n) is 3.48. The number of hydrogen-bond donors (Lipinski definition) is 4. The standard InChI is InChI=1S/C18H33N3O6/c1-7-8-12(21-17(26)27-18(4,5)6)15(24)16(25)20-10-14(23)19-9-13(22)11(2)3/h11-12,15,24H,7-10H2,1-6H3,(H,19,23)(H,20,25)(H,21,26). The lowest BCUT2D eigenvalue weighted by Crippen LogP contribution is -2.52. The number of aliphatic hydroxyl groups is 1. The first kappa shape index (κ1) is 24.8. The predicted molar refractivity (Wildman–Crippen MR) is 99.9 cm³/mol. The minimum Gasteiger partial charge on any atom is -0.444 e. The Morgan fingerprint density at radius 2 is 1.63 bits per heavy atom. The van der Waals surface area contributed by atoms with Crippen LogP contribution in [0.15, 0.2) is 0 Å². The van der Waals surface area contributed by atoms with Crippen molar-refractivity contribution in [1.29, 1.82) is 0 Å². The summed E-state index contributed by atoms with van der Waals surface area (Å²) in [6.45, 7) is 9.89. The van der Waals surface area contributed by atoms with Crippen LogP contribution in [0.4, 0.5) is 4.79 Å². The summed E-state index contributed by atoms with van der Waals surface area (Å²) in [6.07, 6.45) is -1.31. The lowest BCUT2D eigenvalue weighted by atomic mass is 10.1. The predicted octanol–water partition coefficient (Wildman–Crippen LogP) is 0.498. The minimum atomic E-state index is -1.54. The van der Waals surface area contributed by atoms with E-state index in [0.717, 1.165) is 0 Å². The molecule has 156 valence electrons. The SMILES string of the molecule is CCCC(NC(=O)OC(C)(C)C)C(O)C(=O)NCC(=O)NCC(=O)C(C)C. The van der Waals surface area contributed by atoms with Crippen LogP contribution >= 0.6 is 0 Å². The molecule has 0 spiro atoms. The van der Waals surface area contributed by atoms with E-state index in [1.807, 2.05) is 6.92 Å². The molecular formula is C18H33N3O6. The van der Waals surface area contributed by atoms with E-state index in [0.29, 0.717) is 12.8 Å². The number of ketones is 1. The fraction of sp³-hybridized carbons (Fsp3) is 0.778. The molecule has 27 heavy (non-hydrogen) atoms. The zero-order chi connectivity index (χ0) is 21.2. The molecule has 2 atom stereocenters. The van der Waals surface area contributed by atoms with Gasteiger partial charge in [0.1, 0.15) is 5.60 Å². The molecule has 9 heteroatoms. The highest BCUT2D eigenvalue weighted by atomic mass is 16.6. The van der Waals surface area contributed by atoms with Gasteiger partial charge in [-0.25, -0.2) is 4.79 Å². The molecule has 0 aromatic heterocycles. The molecule has 0 saturated heterocycles. The van der Waals surface area contributed by atoms with Gasteiger partial charge in [-0.2, -0.15) is 0 Å². The van der Waals surface area contributed by atoms with Gasteiger partial charge in [0, 0.05) is 5.92 Å². The first-order chi connectivity index (χ1) is 12.4. The molecule has 0 fully saturated rings. The maximum Gasteiger partial charge on any atom is 0.407 e. The van der Waals surface area contributed by atoms with Gasteiger partial charge >= 0.3 is 6.09 Å². The number of aliphatic hydroxyl groups excluding tert-OH is 1. The number of rotatable bonds is 10. The van der Waals surface area contributed by atoms with Crippen molar-refractivity contribution < 1.29 is 29.0 Å². The average Bonchev–Trinajstić information content (AvgIpc) is 2.54. The van der Waals surface area contributed by atoms with Crippen molar-refractivity contribution in [2.45, 2.75) is 72.1 Å². The molecule has 0 heterocycles. The Labute approximate surface area is 160 Å². The van der Waals surface area contributed by atoms with Gasteiger partial charge in [0.15, 0.2) is 11.9 Å². The molecule has 3 amide bonds. The van der Waals surface area contributed by atoms with Crippen molar-refractivity contribution >= 4 is 23.7 Å². The number of hydrogen-bond acceptors (Lipinski definition) is 6. The van der Waals surface area contributed by atoms with Gasteiger partial charge in [0.2, 0.25) is 5.91 Å². The smallest absolute Gasteiger partial charge is 0.407 e. The fourth-order valence-corrected chi connectivity index (χ4v) is 1.99. The topological polar surface area (TPSA) is 134 Å². The summed E-state index contributed by atoms with van der Waals surface area (Å²) in [5.41, 5.74) is -0.709. The Hall–Kier alpha value is -2.16. The van der Waals surface area contributed by atoms with Crippen LogP contribution in [-0.2, 0) is 19.1 Å². The molecule has 0 aromatic rings. The van der Waals surface area contributed by atoms with Gasteiger partial charge < -0.3 is 25.8 Å². The maximum absolute atomic E-state index is 12.1. The molecule has 0 aliphatic carbocycles. The van der Waals surface area contributed by atoms with Crippen LogP contribution in [0.2, 0.25) is 0 Å². The quantitative estimate of drug-likeness (QED) is 0.431. The largest absolute Gasteiger partial charge is 0.444 e. The van der Waals surface area contributed by atoms with E-state index in [1.54, 1.807) is 34.6 Å². The molecule has 0 aliphatic heterocycles. The number of carbonyl (C=O) groups is 4. The van der Waals surface area contributed by atoms with Crippen LogP contribution in [0.25, 0.3) is 0 Å². The van der Waals surface area contributed by atoms with Crippen LogP contribution in [0.5, 0.6) is 0 Å². The van der Waals surface area contributed by atoms with Crippen molar-refractivity contribution in [2.75, 3.05) is 13.1 Å². The second-order valence-corrected chi connectivity index (χ2v) is 7.60. The first-order valence-corrected chi connectivity index (χ1v) is 9.12. The molecule has 9 nitrogen and oxygen atoms in total. The van der Waals surface area contributed by atoms with Gasteiger partial charge in [-0.1, -0.05) is 27.2 Å². The van der Waals surface area contributed by atoms with E-state index >= 15 is 0 Å². The van der Waals surface area contributed by atoms with E-state index in [4.69, 9.17) is 4.74 Å². The highest BCUT2D eigenvalue weighted by Crippen LogP contribution is 2.09. The monoisotopic (exact) mass is 387 g/mol. The maximum atomic E-state index is 12.1. The number of amides is 3. The van der Waals surface area contributed by atoms with Gasteiger partial charge in [-0.15, -0.1) is 0 Å². The van der Waals surface area contributed by atoms with E-state index in [1.165, 1.54) is 0 Å². The summed E-state index contributed by atoms with van der Waals surface area (Å²) in [7, 11) is 0. The molecule has 0 bridgehead atoms. The summed E-state index contributed by atoms with van der Waals surface area (Å²) < 4.78 is 5.13. The van der Waals surface area contributed by atoms with Crippen molar-refractivity contribution in [3.8, 4) is 0 Å². The summed E-state index contributed by atoms with van der Waals surface area (Å²) in [4.78, 5) is 47.1. The van der Waals surface area contributed by atoms with Crippen LogP contribution in [0, 0.1) is 5.92 Å². The summed E-state index contributed by atoms with van der Waals surface area (Å²) in [5.74, 6) is -1.67. The van der Waals surface area contributed by atoms with E-state index in [-0.39, 0.29) is 24.8 Å². The molecule has 0 rings (SSSR count). The number of carbonyl (C=O) groups excluding carboxylic acids is 4. The zero-order valence-electron chi connectivity index (χ0n) is 17.0. The zero-order valence-corrected chi connectivity index (χ0v) is 17.0. The Balaban J connectivity index is 4.56. The van der Waals surface area contributed by atoms with Gasteiger partial charge in [-0.05, 0) is 27.2 Å². The first-order valence-electron chi connectivity index (χ1n) is 9.12. The van der Waals surface area contributed by atoms with Crippen LogP contribution in [0.1, 0.15) is 54.4 Å². The van der Waals surface area contributed by atoms with Crippen LogP contribution in [-0.4, -0.2) is 59.6 Å². The Kier molecular flexibility index (Phi) is 10.6. The van der Waals surface area contributed by atoms with Crippen LogP contribution in [0.3, 0.4) is 0 Å². The number of nitrogens with one attached hydrogen (secondary N) is 3. The van der Waals surface area contributed by atoms with Crippen LogP contribution < -0.4 is 16.0 Å². The third-order valence-corrected chi connectivity index (χ3v) is 3.48. The number of alkyl carbamates (subject to hydrolysis) is 1. The Morgan fingerprint density at radius 3 is 2.11 bits per heavy atom. The summed E-state index contributed by atoms with van der Waals surface area (Å²) >= 11 is 0. The lowest BCUT2D eigenvalue weighted by Gasteiger charge is -2.26. The molecule has 4 N–H and O–H groups in total. The molecular weight excluding hydrogens is 354 g/mol. The summed E-state index contributed by atoms with van der Waals surface area (Å²) in [6, 6.07) is -0.851. The highest BCUT2D eigenvalue weighted by Gasteiger charge is 2.29. The van der Waals surface area contributed by atoms with E-state index in [9.17, 15) is 24.3 Å². The van der Waals surface area contributed by atoms with Crippen molar-refractivity contribution in [3.63, 3.8) is 0 Å². The van der Waals surface area contributed by atoms with Crippen molar-refractivity contribution in [3.05, 3.63) is 0 Å². The van der Waals surface area contributed by atoms with Gasteiger partial charge in [-0.3, -0.25) is 14.4 Å². The lowest BCUT2D eigenvalue weighted by molar-refractivity contribution is -0.133. The molecule has 0 aliphatic rings. The second-order valence-electron chi connectivity index (χ2n) is 7.60. The van der Waals surface area contributed by atoms with Crippen molar-refractivity contribution in [2.24, 2.45) is 5.92 Å². The number of Topliss-reactive ketones (excluding diaryl/α,β-unsaturated/α-hetero) is 1. The second kappa shape index (κ2) is 11.5. The van der Waals surface area contributed by atoms with E-state index in [2.05, 4.69) is 16.0 Å². The van der Waals surface area contributed by atoms with Crippen molar-refractivity contribution in [1.82, 2.24) is 16.0 Å². The molecule has 2 unspecified atom stereocenters. The highest BCUT2D eigenvalue weighted by molar-refractivity contribution is 5.90. The molecule has 0 aromatic carbocycles. The minimum absolute atomic E-state index is 0.117. The third kappa shape index (κ3) is 11.2. The molecule has 0 saturated carbocycles. The fourth-order valence-electron chi connectivity index (χ4n) is 1.99. The Bertz CT molecular complexity index is 528. The Morgan fingerprint density at radius 1 is 1.04 bits per heavy atom. The van der Waals surface area contributed by atoms with Gasteiger partial charge in [0.25, 0.3) is 5.91 Å². The average molecular weight is 387 g/mol. The summed E-state index contributed by atoms with van der Waals surface area (Å²) in [5, 5.41) is 17.4. The molecule has 0 radical (unpaired) electrons.